The minimum atomic E-state index is -1.52. The Kier molecular flexibility index (Phi) is 2.74. The van der Waals surface area contributed by atoms with Crippen molar-refractivity contribution in [2.45, 2.75) is 51.0 Å². The molecule has 0 bridgehead atoms. The molecule has 0 spiro atoms. The number of rotatable bonds is 2. The van der Waals surface area contributed by atoms with Crippen molar-refractivity contribution >= 4 is 6.09 Å². The summed E-state index contributed by atoms with van der Waals surface area (Å²) in [7, 11) is 0. The van der Waals surface area contributed by atoms with Crippen LogP contribution in [0.2, 0.25) is 0 Å². The molecule has 0 aromatic rings. The molecular weight excluding hydrogens is 186 g/mol. The van der Waals surface area contributed by atoms with Gasteiger partial charge in [0.2, 0.25) is 0 Å². The minimum Gasteiger partial charge on any atom is -0.444 e. The first-order chi connectivity index (χ1) is 6.25. The summed E-state index contributed by atoms with van der Waals surface area (Å²) in [5, 5.41) is 20.4. The van der Waals surface area contributed by atoms with Gasteiger partial charge in [-0.05, 0) is 33.6 Å². The number of ether oxygens (including phenoxy) is 1. The highest BCUT2D eigenvalue weighted by molar-refractivity contribution is 5.69. The first-order valence-corrected chi connectivity index (χ1v) is 4.62. The Bertz CT molecular complexity index is 227. The molecule has 0 aliphatic heterocycles. The molecule has 0 aromatic carbocycles. The van der Waals surface area contributed by atoms with E-state index in [4.69, 9.17) is 14.9 Å². The van der Waals surface area contributed by atoms with Crippen molar-refractivity contribution in [3.05, 3.63) is 0 Å². The van der Waals surface area contributed by atoms with Gasteiger partial charge in [-0.3, -0.25) is 0 Å². The number of alkyl carbamates (subject to hydrolysis) is 1. The van der Waals surface area contributed by atoms with Gasteiger partial charge in [-0.25, -0.2) is 4.79 Å². The zero-order valence-corrected chi connectivity index (χ0v) is 8.70. The Morgan fingerprint density at radius 2 is 1.93 bits per heavy atom. The number of hydrogen-bond donors (Lipinski definition) is 3. The van der Waals surface area contributed by atoms with E-state index in [0.717, 1.165) is 0 Å². The Labute approximate surface area is 83.1 Å². The van der Waals surface area contributed by atoms with Gasteiger partial charge in [0, 0.05) is 0 Å². The summed E-state index contributed by atoms with van der Waals surface area (Å²) in [6, 6.07) is 0. The van der Waals surface area contributed by atoms with Crippen molar-refractivity contribution in [3.8, 4) is 0 Å². The van der Waals surface area contributed by atoms with Crippen LogP contribution in [0.1, 0.15) is 33.6 Å². The summed E-state index contributed by atoms with van der Waals surface area (Å²) in [5.41, 5.74) is -1.44. The van der Waals surface area contributed by atoms with Crippen molar-refractivity contribution in [1.82, 2.24) is 5.32 Å². The molecule has 5 heteroatoms. The van der Waals surface area contributed by atoms with Gasteiger partial charge in [-0.15, -0.1) is 0 Å². The van der Waals surface area contributed by atoms with Gasteiger partial charge in [-0.1, -0.05) is 0 Å². The molecule has 1 aliphatic carbocycles. The molecule has 0 heterocycles. The first kappa shape index (κ1) is 11.3. The van der Waals surface area contributed by atoms with Crippen LogP contribution >= 0.6 is 0 Å². The van der Waals surface area contributed by atoms with Crippen LogP contribution in [0.15, 0.2) is 0 Å². The van der Waals surface area contributed by atoms with Crippen LogP contribution in [-0.2, 0) is 4.74 Å². The van der Waals surface area contributed by atoms with Crippen molar-refractivity contribution in [2.24, 2.45) is 0 Å². The molecule has 1 amide bonds. The normalized spacial score (nSPS) is 19.3. The summed E-state index contributed by atoms with van der Waals surface area (Å²) in [5.74, 6) is 0. The average Bonchev–Trinajstić information content (AvgIpc) is 2.63. The second kappa shape index (κ2) is 3.40. The van der Waals surface area contributed by atoms with Crippen LogP contribution in [0, 0.1) is 0 Å². The Hall–Kier alpha value is -0.810. The van der Waals surface area contributed by atoms with Gasteiger partial charge in [0.15, 0.2) is 6.29 Å². The number of hydrogen-bond acceptors (Lipinski definition) is 4. The van der Waals surface area contributed by atoms with E-state index in [2.05, 4.69) is 5.32 Å². The van der Waals surface area contributed by atoms with Crippen molar-refractivity contribution in [1.29, 1.82) is 0 Å². The Balaban J connectivity index is 2.42. The zero-order chi connectivity index (χ0) is 11.0. The third-order valence-corrected chi connectivity index (χ3v) is 2.03. The van der Waals surface area contributed by atoms with E-state index in [9.17, 15) is 4.79 Å². The van der Waals surface area contributed by atoms with E-state index in [0.29, 0.717) is 12.8 Å². The maximum absolute atomic E-state index is 11.3. The molecule has 0 unspecified atom stereocenters. The fraction of sp³-hybridized carbons (Fsp3) is 0.889. The first-order valence-electron chi connectivity index (χ1n) is 4.62. The van der Waals surface area contributed by atoms with Crippen LogP contribution in [0.3, 0.4) is 0 Å². The number of nitrogens with one attached hydrogen (secondary N) is 1. The molecule has 1 saturated carbocycles. The van der Waals surface area contributed by atoms with Crippen molar-refractivity contribution < 1.29 is 19.7 Å². The van der Waals surface area contributed by atoms with Gasteiger partial charge in [0.25, 0.3) is 0 Å². The fourth-order valence-corrected chi connectivity index (χ4v) is 1.09. The van der Waals surface area contributed by atoms with E-state index < -0.39 is 23.5 Å². The van der Waals surface area contributed by atoms with E-state index in [-0.39, 0.29) is 0 Å². The van der Waals surface area contributed by atoms with E-state index in [1.807, 2.05) is 0 Å². The fourth-order valence-electron chi connectivity index (χ4n) is 1.09. The Morgan fingerprint density at radius 1 is 1.43 bits per heavy atom. The summed E-state index contributed by atoms with van der Waals surface area (Å²) in [6.07, 6.45) is -0.980. The van der Waals surface area contributed by atoms with E-state index >= 15 is 0 Å². The van der Waals surface area contributed by atoms with Gasteiger partial charge >= 0.3 is 6.09 Å². The lowest BCUT2D eigenvalue weighted by atomic mass is 10.2. The molecule has 1 aliphatic rings. The van der Waals surface area contributed by atoms with Gasteiger partial charge in [-0.2, -0.15) is 0 Å². The molecular formula is C9H17NO4. The van der Waals surface area contributed by atoms with Crippen LogP contribution in [0.25, 0.3) is 0 Å². The van der Waals surface area contributed by atoms with Gasteiger partial charge < -0.3 is 20.3 Å². The quantitative estimate of drug-likeness (QED) is 0.566. The predicted molar refractivity (Wildman–Crippen MR) is 49.6 cm³/mol. The van der Waals surface area contributed by atoms with Crippen molar-refractivity contribution in [2.75, 3.05) is 0 Å². The molecule has 5 nitrogen and oxygen atoms in total. The largest absolute Gasteiger partial charge is 0.444 e. The molecule has 0 atom stereocenters. The third-order valence-electron chi connectivity index (χ3n) is 2.03. The number of amides is 1. The van der Waals surface area contributed by atoms with Crippen LogP contribution in [0.4, 0.5) is 4.79 Å². The predicted octanol–water partition coefficient (Wildman–Crippen LogP) is 0.354. The molecule has 1 fully saturated rings. The lowest BCUT2D eigenvalue weighted by Gasteiger charge is -2.24. The maximum atomic E-state index is 11.3. The molecule has 82 valence electrons. The Morgan fingerprint density at radius 3 is 2.21 bits per heavy atom. The van der Waals surface area contributed by atoms with E-state index in [1.165, 1.54) is 0 Å². The third kappa shape index (κ3) is 2.85. The molecule has 14 heavy (non-hydrogen) atoms. The smallest absolute Gasteiger partial charge is 0.408 e. The second-order valence-corrected chi connectivity index (χ2v) is 4.66. The molecule has 1 rings (SSSR count). The molecule has 0 saturated heterocycles. The highest BCUT2D eigenvalue weighted by atomic mass is 16.6. The lowest BCUT2D eigenvalue weighted by Crippen LogP contribution is -2.47. The van der Waals surface area contributed by atoms with Crippen LogP contribution < -0.4 is 5.32 Å². The van der Waals surface area contributed by atoms with Crippen LogP contribution in [-0.4, -0.2) is 33.7 Å². The number of carbonyl (C=O) groups is 1. The number of carbonyl (C=O) groups excluding carboxylic acids is 1. The summed E-state index contributed by atoms with van der Waals surface area (Å²) >= 11 is 0. The number of aliphatic hydroxyl groups is 2. The molecule has 3 N–H and O–H groups in total. The molecule has 0 aromatic heterocycles. The second-order valence-electron chi connectivity index (χ2n) is 4.66. The van der Waals surface area contributed by atoms with Crippen molar-refractivity contribution in [3.63, 3.8) is 0 Å². The standard InChI is InChI=1S/C9H17NO4/c1-8(2,3)14-7(13)10-9(4-5-9)6(11)12/h6,11-12H,4-5H2,1-3H3,(H,10,13). The monoisotopic (exact) mass is 203 g/mol. The van der Waals surface area contributed by atoms with Crippen LogP contribution in [0.5, 0.6) is 0 Å². The lowest BCUT2D eigenvalue weighted by molar-refractivity contribution is -0.0770. The van der Waals surface area contributed by atoms with Gasteiger partial charge in [0.05, 0.1) is 5.54 Å². The topological polar surface area (TPSA) is 78.8 Å². The van der Waals surface area contributed by atoms with Gasteiger partial charge in [0.1, 0.15) is 5.60 Å². The van der Waals surface area contributed by atoms with E-state index in [1.54, 1.807) is 20.8 Å². The summed E-state index contributed by atoms with van der Waals surface area (Å²) < 4.78 is 4.99. The highest BCUT2D eigenvalue weighted by Crippen LogP contribution is 2.37. The zero-order valence-electron chi connectivity index (χ0n) is 8.70. The molecule has 0 radical (unpaired) electrons. The average molecular weight is 203 g/mol. The maximum Gasteiger partial charge on any atom is 0.408 e. The highest BCUT2D eigenvalue weighted by Gasteiger charge is 2.50. The minimum absolute atomic E-state index is 0.569. The summed E-state index contributed by atoms with van der Waals surface area (Å²) in [4.78, 5) is 11.3. The number of aliphatic hydroxyl groups excluding tert-OH is 1. The summed E-state index contributed by atoms with van der Waals surface area (Å²) in [6.45, 7) is 5.25. The SMILES string of the molecule is CC(C)(C)OC(=O)NC1(C(O)O)CC1.